The monoisotopic (exact) mass is 438 g/mol. The molecule has 0 bridgehead atoms. The van der Waals surface area contributed by atoms with Crippen molar-refractivity contribution in [3.8, 4) is 5.75 Å². The summed E-state index contributed by atoms with van der Waals surface area (Å²) in [6.07, 6.45) is 4.42. The molecule has 1 aliphatic carbocycles. The van der Waals surface area contributed by atoms with Crippen LogP contribution >= 0.6 is 11.3 Å². The average molecular weight is 439 g/mol. The van der Waals surface area contributed by atoms with E-state index < -0.39 is 0 Å². The fraction of sp³-hybridized carbons (Fsp3) is 0.375. The lowest BCUT2D eigenvalue weighted by Gasteiger charge is -2.15. The first-order chi connectivity index (χ1) is 15.1. The van der Waals surface area contributed by atoms with E-state index in [1.165, 1.54) is 28.9 Å². The molecule has 0 saturated heterocycles. The Bertz CT molecular complexity index is 1190. The van der Waals surface area contributed by atoms with E-state index >= 15 is 0 Å². The maximum Gasteiger partial charge on any atom is 0.326 e. The summed E-state index contributed by atoms with van der Waals surface area (Å²) in [6.45, 7) is 4.56. The second-order valence-electron chi connectivity index (χ2n) is 7.45. The topological polar surface area (TPSA) is 69.9 Å². The van der Waals surface area contributed by atoms with Crippen LogP contribution in [0.2, 0.25) is 0 Å². The summed E-state index contributed by atoms with van der Waals surface area (Å²) in [5.74, 6) is 0.0773. The van der Waals surface area contributed by atoms with Crippen LogP contribution in [-0.4, -0.2) is 29.7 Å². The Morgan fingerprint density at radius 1 is 1.03 bits per heavy atom. The Balaban J connectivity index is 1.75. The van der Waals surface area contributed by atoms with Crippen LogP contribution in [-0.2, 0) is 28.9 Å². The number of benzene rings is 2. The molecular formula is C24H26N2O4S. The van der Waals surface area contributed by atoms with Crippen molar-refractivity contribution in [3.63, 3.8) is 0 Å². The minimum Gasteiger partial charge on any atom is -0.494 e. The van der Waals surface area contributed by atoms with Gasteiger partial charge in [0, 0.05) is 5.56 Å². The molecule has 0 radical (unpaired) electrons. The predicted molar refractivity (Wildman–Crippen MR) is 121 cm³/mol. The molecule has 1 heterocycles. The minimum atomic E-state index is -0.362. The van der Waals surface area contributed by atoms with Crippen molar-refractivity contribution in [2.75, 3.05) is 13.2 Å². The largest absolute Gasteiger partial charge is 0.494 e. The third-order valence-electron chi connectivity index (χ3n) is 5.35. The number of hydrogen-bond donors (Lipinski definition) is 0. The quantitative estimate of drug-likeness (QED) is 0.539. The van der Waals surface area contributed by atoms with Crippen molar-refractivity contribution in [1.29, 1.82) is 0 Å². The van der Waals surface area contributed by atoms with Crippen LogP contribution < -0.4 is 9.54 Å². The number of carbonyl (C=O) groups is 2. The average Bonchev–Trinajstić information content (AvgIpc) is 3.09. The van der Waals surface area contributed by atoms with Crippen molar-refractivity contribution in [3.05, 3.63) is 57.9 Å². The van der Waals surface area contributed by atoms with Crippen molar-refractivity contribution < 1.29 is 19.1 Å². The van der Waals surface area contributed by atoms with E-state index in [0.717, 1.165) is 35.2 Å². The number of rotatable bonds is 6. The van der Waals surface area contributed by atoms with Gasteiger partial charge < -0.3 is 14.0 Å². The molecule has 0 fully saturated rings. The Hall–Kier alpha value is -2.93. The molecule has 0 aliphatic heterocycles. The van der Waals surface area contributed by atoms with E-state index in [0.29, 0.717) is 23.6 Å². The van der Waals surface area contributed by atoms with Crippen LogP contribution in [0.1, 0.15) is 48.2 Å². The lowest BCUT2D eigenvalue weighted by Crippen LogP contribution is -2.23. The van der Waals surface area contributed by atoms with Crippen LogP contribution in [0.5, 0.6) is 5.75 Å². The predicted octanol–water partition coefficient (Wildman–Crippen LogP) is 4.28. The molecule has 0 saturated carbocycles. The second kappa shape index (κ2) is 9.47. The molecule has 1 aromatic heterocycles. The molecule has 31 heavy (non-hydrogen) atoms. The molecule has 2 aromatic carbocycles. The third-order valence-corrected chi connectivity index (χ3v) is 6.39. The zero-order valence-corrected chi connectivity index (χ0v) is 18.7. The third kappa shape index (κ3) is 4.71. The lowest BCUT2D eigenvalue weighted by atomic mass is 9.90. The van der Waals surface area contributed by atoms with E-state index in [2.05, 4.69) is 4.99 Å². The Morgan fingerprint density at radius 2 is 1.84 bits per heavy atom. The highest BCUT2D eigenvalue weighted by Gasteiger charge is 2.15. The molecule has 0 unspecified atom stereocenters. The standard InChI is InChI=1S/C24H26N2O4S/c1-3-29-19-11-12-20-21(14-19)31-24(26(20)15-22(27)30-4-2)25-23(28)18-10-9-16-7-5-6-8-17(16)13-18/h9-14H,3-8,15H2,1-2H3. The maximum atomic E-state index is 13.0. The number of amides is 1. The molecule has 0 atom stereocenters. The normalized spacial score (nSPS) is 13.8. The van der Waals surface area contributed by atoms with Gasteiger partial charge in [0.25, 0.3) is 5.91 Å². The fourth-order valence-electron chi connectivity index (χ4n) is 3.90. The minimum absolute atomic E-state index is 0.00186. The zero-order valence-electron chi connectivity index (χ0n) is 17.8. The summed E-state index contributed by atoms with van der Waals surface area (Å²) in [5.41, 5.74) is 3.96. The van der Waals surface area contributed by atoms with Gasteiger partial charge in [-0.2, -0.15) is 4.99 Å². The molecule has 4 rings (SSSR count). The van der Waals surface area contributed by atoms with Gasteiger partial charge in [-0.1, -0.05) is 17.4 Å². The maximum absolute atomic E-state index is 13.0. The molecule has 6 nitrogen and oxygen atoms in total. The van der Waals surface area contributed by atoms with Crippen LogP contribution in [0.4, 0.5) is 0 Å². The number of thiazole rings is 1. The first-order valence-corrected chi connectivity index (χ1v) is 11.5. The summed E-state index contributed by atoms with van der Waals surface area (Å²) < 4.78 is 13.4. The first-order valence-electron chi connectivity index (χ1n) is 10.7. The van der Waals surface area contributed by atoms with Gasteiger partial charge in [0.1, 0.15) is 12.3 Å². The summed E-state index contributed by atoms with van der Waals surface area (Å²) in [4.78, 5) is 30.1. The van der Waals surface area contributed by atoms with E-state index in [9.17, 15) is 9.59 Å². The number of nitrogens with zero attached hydrogens (tertiary/aromatic N) is 2. The Morgan fingerprint density at radius 3 is 2.61 bits per heavy atom. The van der Waals surface area contributed by atoms with Gasteiger partial charge in [0.05, 0.1) is 23.4 Å². The molecule has 1 aliphatic rings. The number of aryl methyl sites for hydroxylation is 2. The van der Waals surface area contributed by atoms with Crippen molar-refractivity contribution in [1.82, 2.24) is 4.57 Å². The molecule has 7 heteroatoms. The number of hydrogen-bond acceptors (Lipinski definition) is 5. The summed E-state index contributed by atoms with van der Waals surface area (Å²) >= 11 is 1.36. The highest BCUT2D eigenvalue weighted by Crippen LogP contribution is 2.25. The number of ether oxygens (including phenoxy) is 2. The fourth-order valence-corrected chi connectivity index (χ4v) is 4.96. The summed E-state index contributed by atoms with van der Waals surface area (Å²) in [5, 5.41) is 0. The molecular weight excluding hydrogens is 412 g/mol. The van der Waals surface area contributed by atoms with Crippen molar-refractivity contribution >= 4 is 33.4 Å². The Labute approximate surface area is 185 Å². The highest BCUT2D eigenvalue weighted by molar-refractivity contribution is 7.16. The molecule has 0 N–H and O–H groups in total. The van der Waals surface area contributed by atoms with Crippen LogP contribution in [0, 0.1) is 0 Å². The number of carbonyl (C=O) groups excluding carboxylic acids is 2. The Kier molecular flexibility index (Phi) is 6.51. The number of esters is 1. The van der Waals surface area contributed by atoms with Gasteiger partial charge in [-0.15, -0.1) is 0 Å². The van der Waals surface area contributed by atoms with E-state index in [-0.39, 0.29) is 18.4 Å². The zero-order chi connectivity index (χ0) is 21.8. The van der Waals surface area contributed by atoms with Gasteiger partial charge in [-0.3, -0.25) is 9.59 Å². The van der Waals surface area contributed by atoms with Gasteiger partial charge in [0.15, 0.2) is 4.80 Å². The van der Waals surface area contributed by atoms with Crippen LogP contribution in [0.25, 0.3) is 10.2 Å². The molecule has 0 spiro atoms. The molecule has 1 amide bonds. The van der Waals surface area contributed by atoms with E-state index in [4.69, 9.17) is 9.47 Å². The van der Waals surface area contributed by atoms with E-state index in [1.807, 2.05) is 43.3 Å². The number of fused-ring (bicyclic) bond motifs is 2. The van der Waals surface area contributed by atoms with Crippen molar-refractivity contribution in [2.24, 2.45) is 4.99 Å². The van der Waals surface area contributed by atoms with Gasteiger partial charge in [0.2, 0.25) is 0 Å². The summed E-state index contributed by atoms with van der Waals surface area (Å²) in [6, 6.07) is 11.5. The van der Waals surface area contributed by atoms with Gasteiger partial charge in [-0.05, 0) is 81.0 Å². The SMILES string of the molecule is CCOC(=O)Cn1c(=NC(=O)c2ccc3c(c2)CCCC3)sc2cc(OCC)ccc21. The molecule has 3 aromatic rings. The van der Waals surface area contributed by atoms with Gasteiger partial charge in [-0.25, -0.2) is 0 Å². The molecule has 162 valence electrons. The highest BCUT2D eigenvalue weighted by atomic mass is 32.1. The second-order valence-corrected chi connectivity index (χ2v) is 8.45. The van der Waals surface area contributed by atoms with Gasteiger partial charge >= 0.3 is 5.97 Å². The smallest absolute Gasteiger partial charge is 0.326 e. The van der Waals surface area contributed by atoms with Crippen molar-refractivity contribution in [2.45, 2.75) is 46.1 Å². The lowest BCUT2D eigenvalue weighted by molar-refractivity contribution is -0.143. The van der Waals surface area contributed by atoms with Crippen LogP contribution in [0.15, 0.2) is 41.4 Å². The summed E-state index contributed by atoms with van der Waals surface area (Å²) in [7, 11) is 0. The van der Waals surface area contributed by atoms with E-state index in [1.54, 1.807) is 11.5 Å². The first kappa shape index (κ1) is 21.3. The number of aromatic nitrogens is 1. The van der Waals surface area contributed by atoms with Crippen LogP contribution in [0.3, 0.4) is 0 Å².